The van der Waals surface area contributed by atoms with E-state index in [-0.39, 0.29) is 11.2 Å². The highest BCUT2D eigenvalue weighted by Crippen LogP contribution is 2.28. The minimum absolute atomic E-state index is 0.208. The zero-order valence-electron chi connectivity index (χ0n) is 11.8. The van der Waals surface area contributed by atoms with Gasteiger partial charge in [0, 0.05) is 37.2 Å². The molecule has 1 N–H and O–H groups in total. The number of hydrogen-bond donors (Lipinski definition) is 1. The lowest BCUT2D eigenvalue weighted by atomic mass is 9.84. The Bertz CT molecular complexity index is 442. The first kappa shape index (κ1) is 14.8. The maximum Gasteiger partial charge on any atom is 0.124 e. The third-order valence-corrected chi connectivity index (χ3v) is 4.09. The first-order chi connectivity index (χ1) is 8.88. The predicted molar refractivity (Wildman–Crippen MR) is 77.9 cm³/mol. The Morgan fingerprint density at radius 1 is 1.42 bits per heavy atom. The molecule has 0 spiro atoms. The van der Waals surface area contributed by atoms with E-state index in [1.165, 1.54) is 12.1 Å². The Balaban J connectivity index is 2.15. The fourth-order valence-corrected chi connectivity index (χ4v) is 2.89. The molecule has 0 aromatic heterocycles. The summed E-state index contributed by atoms with van der Waals surface area (Å²) in [6, 6.07) is 5.13. The highest BCUT2D eigenvalue weighted by atomic mass is 35.5. The lowest BCUT2D eigenvalue weighted by Gasteiger charge is -2.43. The van der Waals surface area contributed by atoms with Crippen molar-refractivity contribution >= 4 is 11.6 Å². The molecule has 106 valence electrons. The highest BCUT2D eigenvalue weighted by molar-refractivity contribution is 6.31. The van der Waals surface area contributed by atoms with Crippen molar-refractivity contribution in [2.24, 2.45) is 5.41 Å². The van der Waals surface area contributed by atoms with Gasteiger partial charge in [-0.25, -0.2) is 4.39 Å². The van der Waals surface area contributed by atoms with E-state index in [9.17, 15) is 4.39 Å². The van der Waals surface area contributed by atoms with Gasteiger partial charge >= 0.3 is 0 Å². The molecule has 0 aliphatic carbocycles. The lowest BCUT2D eigenvalue weighted by Crippen LogP contribution is -2.56. The zero-order valence-corrected chi connectivity index (χ0v) is 12.6. The molecule has 19 heavy (non-hydrogen) atoms. The van der Waals surface area contributed by atoms with Crippen molar-refractivity contribution in [3.63, 3.8) is 0 Å². The predicted octanol–water partition coefficient (Wildman–Crippen LogP) is 3.30. The van der Waals surface area contributed by atoms with Gasteiger partial charge in [-0.15, -0.1) is 0 Å². The van der Waals surface area contributed by atoms with Crippen LogP contribution < -0.4 is 5.32 Å². The van der Waals surface area contributed by atoms with Gasteiger partial charge in [-0.05, 0) is 23.1 Å². The molecule has 1 aliphatic heterocycles. The summed E-state index contributed by atoms with van der Waals surface area (Å²) >= 11 is 6.13. The molecule has 1 fully saturated rings. The van der Waals surface area contributed by atoms with Crippen LogP contribution in [0.15, 0.2) is 18.2 Å². The molecule has 4 heteroatoms. The Hall–Kier alpha value is -0.640. The SMILES string of the molecule is CC(C)(C)C1CNCCN1Cc1ccc(F)cc1Cl. The van der Waals surface area contributed by atoms with Crippen LogP contribution in [0.5, 0.6) is 0 Å². The number of hydrogen-bond acceptors (Lipinski definition) is 2. The van der Waals surface area contributed by atoms with Crippen LogP contribution in [0.4, 0.5) is 4.39 Å². The van der Waals surface area contributed by atoms with Crippen LogP contribution in [0, 0.1) is 11.2 Å². The van der Waals surface area contributed by atoms with Crippen molar-refractivity contribution in [3.05, 3.63) is 34.6 Å². The minimum Gasteiger partial charge on any atom is -0.314 e. The van der Waals surface area contributed by atoms with Gasteiger partial charge in [0.2, 0.25) is 0 Å². The fraction of sp³-hybridized carbons (Fsp3) is 0.600. The normalized spacial score (nSPS) is 21.6. The summed E-state index contributed by atoms with van der Waals surface area (Å²) in [4.78, 5) is 2.44. The molecule has 1 aliphatic rings. The first-order valence-electron chi connectivity index (χ1n) is 6.76. The van der Waals surface area contributed by atoms with E-state index in [0.717, 1.165) is 31.7 Å². The molecule has 1 aromatic rings. The lowest BCUT2D eigenvalue weighted by molar-refractivity contribution is 0.0689. The van der Waals surface area contributed by atoms with E-state index in [2.05, 4.69) is 31.0 Å². The van der Waals surface area contributed by atoms with Crippen LogP contribution in [0.25, 0.3) is 0 Å². The van der Waals surface area contributed by atoms with Crippen molar-refractivity contribution < 1.29 is 4.39 Å². The van der Waals surface area contributed by atoms with Crippen LogP contribution in [-0.4, -0.2) is 30.6 Å². The Kier molecular flexibility index (Phi) is 4.49. The smallest absolute Gasteiger partial charge is 0.124 e. The number of nitrogens with one attached hydrogen (secondary N) is 1. The van der Waals surface area contributed by atoms with Gasteiger partial charge in [-0.2, -0.15) is 0 Å². The van der Waals surface area contributed by atoms with Gasteiger partial charge in [-0.1, -0.05) is 38.4 Å². The number of rotatable bonds is 2. The molecule has 2 nitrogen and oxygen atoms in total. The average Bonchev–Trinajstić information content (AvgIpc) is 2.32. The molecule has 0 bridgehead atoms. The number of piperazine rings is 1. The van der Waals surface area contributed by atoms with Crippen molar-refractivity contribution in [3.8, 4) is 0 Å². The third kappa shape index (κ3) is 3.68. The summed E-state index contributed by atoms with van der Waals surface area (Å²) in [5.74, 6) is -0.276. The highest BCUT2D eigenvalue weighted by Gasteiger charge is 2.32. The zero-order chi connectivity index (χ0) is 14.0. The van der Waals surface area contributed by atoms with Crippen molar-refractivity contribution in [1.29, 1.82) is 0 Å². The summed E-state index contributed by atoms with van der Waals surface area (Å²) in [7, 11) is 0. The van der Waals surface area contributed by atoms with Crippen molar-refractivity contribution in [2.45, 2.75) is 33.4 Å². The molecule has 1 saturated heterocycles. The molecule has 1 atom stereocenters. The molecule has 1 heterocycles. The van der Waals surface area contributed by atoms with E-state index >= 15 is 0 Å². The quantitative estimate of drug-likeness (QED) is 0.896. The maximum absolute atomic E-state index is 13.1. The number of benzene rings is 1. The van der Waals surface area contributed by atoms with Gasteiger partial charge in [-0.3, -0.25) is 4.90 Å². The van der Waals surface area contributed by atoms with Crippen molar-refractivity contribution in [1.82, 2.24) is 10.2 Å². The molecule has 1 aromatic carbocycles. The standard InChI is InChI=1S/C15H22ClFN2/c1-15(2,3)14-9-18-6-7-19(14)10-11-4-5-12(17)8-13(11)16/h4-5,8,14,18H,6-7,9-10H2,1-3H3. The summed E-state index contributed by atoms with van der Waals surface area (Å²) in [5, 5.41) is 3.97. The Morgan fingerprint density at radius 2 is 2.16 bits per heavy atom. The van der Waals surface area contributed by atoms with E-state index in [0.29, 0.717) is 11.1 Å². The summed E-state index contributed by atoms with van der Waals surface area (Å²) < 4.78 is 13.1. The van der Waals surface area contributed by atoms with Gasteiger partial charge in [0.15, 0.2) is 0 Å². The van der Waals surface area contributed by atoms with Gasteiger partial charge < -0.3 is 5.32 Å². The molecular formula is C15H22ClFN2. The van der Waals surface area contributed by atoms with Gasteiger partial charge in [0.1, 0.15) is 5.82 Å². The molecule has 1 unspecified atom stereocenters. The summed E-state index contributed by atoms with van der Waals surface area (Å²) in [5.41, 5.74) is 1.21. The second-order valence-electron chi connectivity index (χ2n) is 6.29. The van der Waals surface area contributed by atoms with E-state index in [4.69, 9.17) is 11.6 Å². The van der Waals surface area contributed by atoms with Crippen LogP contribution in [0.3, 0.4) is 0 Å². The van der Waals surface area contributed by atoms with Crippen molar-refractivity contribution in [2.75, 3.05) is 19.6 Å². The van der Waals surface area contributed by atoms with Crippen LogP contribution in [0.2, 0.25) is 5.02 Å². The second-order valence-corrected chi connectivity index (χ2v) is 6.70. The van der Waals surface area contributed by atoms with Crippen LogP contribution >= 0.6 is 11.6 Å². The topological polar surface area (TPSA) is 15.3 Å². The number of nitrogens with zero attached hydrogens (tertiary/aromatic N) is 1. The third-order valence-electron chi connectivity index (χ3n) is 3.74. The van der Waals surface area contributed by atoms with Gasteiger partial charge in [0.25, 0.3) is 0 Å². The van der Waals surface area contributed by atoms with E-state index in [1.54, 1.807) is 6.07 Å². The first-order valence-corrected chi connectivity index (χ1v) is 7.14. The summed E-state index contributed by atoms with van der Waals surface area (Å²) in [6.07, 6.45) is 0. The molecule has 0 radical (unpaired) electrons. The summed E-state index contributed by atoms with van der Waals surface area (Å²) in [6.45, 7) is 10.5. The molecule has 0 saturated carbocycles. The largest absolute Gasteiger partial charge is 0.314 e. The molecular weight excluding hydrogens is 263 g/mol. The Morgan fingerprint density at radius 3 is 2.79 bits per heavy atom. The molecule has 0 amide bonds. The Labute approximate surface area is 119 Å². The number of halogens is 2. The van der Waals surface area contributed by atoms with Crippen LogP contribution in [0.1, 0.15) is 26.3 Å². The average molecular weight is 285 g/mol. The second kappa shape index (κ2) is 5.78. The minimum atomic E-state index is -0.276. The van der Waals surface area contributed by atoms with E-state index in [1.807, 2.05) is 0 Å². The van der Waals surface area contributed by atoms with Gasteiger partial charge in [0.05, 0.1) is 0 Å². The monoisotopic (exact) mass is 284 g/mol. The fourth-order valence-electron chi connectivity index (χ4n) is 2.66. The maximum atomic E-state index is 13.1. The molecule has 2 rings (SSSR count). The van der Waals surface area contributed by atoms with E-state index < -0.39 is 0 Å². The van der Waals surface area contributed by atoms with Crippen LogP contribution in [-0.2, 0) is 6.54 Å².